The van der Waals surface area contributed by atoms with E-state index in [1.54, 1.807) is 11.0 Å². The summed E-state index contributed by atoms with van der Waals surface area (Å²) in [6.45, 7) is 3.48. The number of likely N-dealkylation sites (tertiary alicyclic amines) is 2. The van der Waals surface area contributed by atoms with Gasteiger partial charge in [0.2, 0.25) is 0 Å². The number of piperidine rings is 1. The number of aryl methyl sites for hydroxylation is 1. The number of amides is 1. The van der Waals surface area contributed by atoms with Gasteiger partial charge in [0.15, 0.2) is 5.69 Å². The van der Waals surface area contributed by atoms with Crippen LogP contribution in [0.1, 0.15) is 48.9 Å². The minimum Gasteiger partial charge on any atom is -0.387 e. The summed E-state index contributed by atoms with van der Waals surface area (Å²) in [5.41, 5.74) is -0.802. The molecule has 2 aliphatic rings. The van der Waals surface area contributed by atoms with E-state index < -0.39 is 11.5 Å². The number of aromatic nitrogens is 1. The van der Waals surface area contributed by atoms with Crippen LogP contribution in [-0.2, 0) is 6.42 Å². The maximum atomic E-state index is 13.2. The van der Waals surface area contributed by atoms with Crippen LogP contribution in [0.2, 0.25) is 0 Å². The number of hydrogen-bond donors (Lipinski definition) is 1. The van der Waals surface area contributed by atoms with E-state index in [9.17, 15) is 18.7 Å². The normalized spacial score (nSPS) is 27.0. The van der Waals surface area contributed by atoms with Crippen molar-refractivity contribution < 1.29 is 23.2 Å². The summed E-state index contributed by atoms with van der Waals surface area (Å²) in [4.78, 5) is 15.9. The van der Waals surface area contributed by atoms with E-state index in [1.165, 1.54) is 0 Å². The Kier molecular flexibility index (Phi) is 5.11. The fourth-order valence-corrected chi connectivity index (χ4v) is 3.55. The van der Waals surface area contributed by atoms with Crippen LogP contribution >= 0.6 is 0 Å². The van der Waals surface area contributed by atoms with Gasteiger partial charge in [0.25, 0.3) is 11.8 Å². The average molecular weight is 357 g/mol. The summed E-state index contributed by atoms with van der Waals surface area (Å²) in [5.74, 6) is -2.18. The molecule has 1 atom stereocenters. The summed E-state index contributed by atoms with van der Waals surface area (Å²) in [6, 6.07) is 1.65. The van der Waals surface area contributed by atoms with E-state index in [2.05, 4.69) is 5.16 Å². The molecule has 1 N–H and O–H groups in total. The lowest BCUT2D eigenvalue weighted by Gasteiger charge is -2.36. The zero-order chi connectivity index (χ0) is 18.1. The van der Waals surface area contributed by atoms with Crippen LogP contribution < -0.4 is 0 Å². The monoisotopic (exact) mass is 357 g/mol. The topological polar surface area (TPSA) is 69.8 Å². The second-order valence-corrected chi connectivity index (χ2v) is 7.26. The lowest BCUT2D eigenvalue weighted by molar-refractivity contribution is -0.0720. The molecule has 0 saturated carbocycles. The van der Waals surface area contributed by atoms with Gasteiger partial charge in [-0.25, -0.2) is 8.78 Å². The quantitative estimate of drug-likeness (QED) is 0.872. The van der Waals surface area contributed by atoms with Gasteiger partial charge in [-0.2, -0.15) is 0 Å². The van der Waals surface area contributed by atoms with E-state index in [4.69, 9.17) is 4.52 Å². The molecule has 0 bridgehead atoms. The number of β-amino-alcohol motifs (C(OH)–C–C–N with tert-alkyl or cyclic N) is 1. The molecule has 0 aromatic carbocycles. The molecule has 25 heavy (non-hydrogen) atoms. The van der Waals surface area contributed by atoms with Crippen molar-refractivity contribution in [2.75, 3.05) is 32.7 Å². The third kappa shape index (κ3) is 4.36. The van der Waals surface area contributed by atoms with Gasteiger partial charge in [-0.05, 0) is 12.8 Å². The third-order valence-electron chi connectivity index (χ3n) is 5.00. The van der Waals surface area contributed by atoms with Gasteiger partial charge in [-0.15, -0.1) is 0 Å². The number of hydrogen-bond acceptors (Lipinski definition) is 5. The Labute approximate surface area is 145 Å². The fraction of sp³-hybridized carbons (Fsp3) is 0.765. The maximum absolute atomic E-state index is 13.2. The lowest BCUT2D eigenvalue weighted by atomic mass is 10.00. The van der Waals surface area contributed by atoms with E-state index in [0.717, 1.165) is 12.8 Å². The Hall–Kier alpha value is -1.54. The predicted octanol–water partition coefficient (Wildman–Crippen LogP) is 1.94. The number of nitrogens with zero attached hydrogens (tertiary/aromatic N) is 3. The van der Waals surface area contributed by atoms with Gasteiger partial charge in [-0.1, -0.05) is 12.1 Å². The van der Waals surface area contributed by atoms with Crippen LogP contribution in [0.4, 0.5) is 8.78 Å². The van der Waals surface area contributed by atoms with Crippen molar-refractivity contribution in [1.29, 1.82) is 0 Å². The summed E-state index contributed by atoms with van der Waals surface area (Å²) in [7, 11) is 0. The molecule has 1 aromatic heterocycles. The molecule has 0 radical (unpaired) electrons. The van der Waals surface area contributed by atoms with Crippen molar-refractivity contribution in [2.24, 2.45) is 0 Å². The Morgan fingerprint density at radius 1 is 1.32 bits per heavy atom. The summed E-state index contributed by atoms with van der Waals surface area (Å²) < 4.78 is 31.6. The molecule has 0 aliphatic carbocycles. The molecule has 3 heterocycles. The highest BCUT2D eigenvalue weighted by Crippen LogP contribution is 2.30. The molecule has 2 fully saturated rings. The standard InChI is InChI=1S/C17H25F2N3O3/c1-2-3-13-10-14(20-25-13)15(23)22-9-4-16(24,12-22)11-21-7-5-17(18,19)6-8-21/h10,24H,2-9,11-12H2,1H3/t16-/m0/s1. The molecule has 1 amide bonds. The van der Waals surface area contributed by atoms with Crippen LogP contribution in [-0.4, -0.2) is 70.2 Å². The molecule has 6 nitrogen and oxygen atoms in total. The SMILES string of the molecule is CCCc1cc(C(=O)N2CC[C@](O)(CN3CCC(F)(F)CC3)C2)no1. The number of rotatable bonds is 5. The Morgan fingerprint density at radius 3 is 2.72 bits per heavy atom. The molecule has 0 spiro atoms. The predicted molar refractivity (Wildman–Crippen MR) is 86.6 cm³/mol. The van der Waals surface area contributed by atoms with Gasteiger partial charge in [0.05, 0.1) is 12.1 Å². The second kappa shape index (κ2) is 6.99. The van der Waals surface area contributed by atoms with Crippen molar-refractivity contribution in [2.45, 2.75) is 50.6 Å². The summed E-state index contributed by atoms with van der Waals surface area (Å²) >= 11 is 0. The highest BCUT2D eigenvalue weighted by molar-refractivity contribution is 5.92. The van der Waals surface area contributed by atoms with Crippen molar-refractivity contribution in [3.8, 4) is 0 Å². The molecule has 0 unspecified atom stereocenters. The number of carbonyl (C=O) groups excluding carboxylic acids is 1. The first kappa shape index (κ1) is 18.3. The van der Waals surface area contributed by atoms with Crippen LogP contribution in [0.5, 0.6) is 0 Å². The van der Waals surface area contributed by atoms with Gasteiger partial charge in [0.1, 0.15) is 5.76 Å². The van der Waals surface area contributed by atoms with E-state index in [0.29, 0.717) is 25.3 Å². The van der Waals surface area contributed by atoms with Gasteiger partial charge >= 0.3 is 0 Å². The van der Waals surface area contributed by atoms with Gasteiger partial charge < -0.3 is 14.5 Å². The minimum atomic E-state index is -2.60. The van der Waals surface area contributed by atoms with Crippen LogP contribution in [0.15, 0.2) is 10.6 Å². The Bertz CT molecular complexity index is 612. The molecular weight excluding hydrogens is 332 g/mol. The summed E-state index contributed by atoms with van der Waals surface area (Å²) in [6.07, 6.45) is 1.71. The maximum Gasteiger partial charge on any atom is 0.276 e. The largest absolute Gasteiger partial charge is 0.387 e. The molecule has 2 saturated heterocycles. The van der Waals surface area contributed by atoms with Crippen molar-refractivity contribution in [1.82, 2.24) is 15.0 Å². The molecular formula is C17H25F2N3O3. The van der Waals surface area contributed by atoms with Gasteiger partial charge in [-0.3, -0.25) is 9.69 Å². The first-order chi connectivity index (χ1) is 11.8. The third-order valence-corrected chi connectivity index (χ3v) is 5.00. The molecule has 2 aliphatic heterocycles. The lowest BCUT2D eigenvalue weighted by Crippen LogP contribution is -2.49. The molecule has 8 heteroatoms. The van der Waals surface area contributed by atoms with Crippen LogP contribution in [0.3, 0.4) is 0 Å². The second-order valence-electron chi connectivity index (χ2n) is 7.26. The van der Waals surface area contributed by atoms with Crippen LogP contribution in [0.25, 0.3) is 0 Å². The number of aliphatic hydroxyl groups is 1. The first-order valence-electron chi connectivity index (χ1n) is 8.88. The van der Waals surface area contributed by atoms with E-state index in [-0.39, 0.29) is 44.1 Å². The van der Waals surface area contributed by atoms with Crippen molar-refractivity contribution >= 4 is 5.91 Å². The molecule has 1 aromatic rings. The zero-order valence-corrected chi connectivity index (χ0v) is 14.5. The molecule has 140 valence electrons. The van der Waals surface area contributed by atoms with Crippen LogP contribution in [0, 0.1) is 0 Å². The molecule has 3 rings (SSSR count). The zero-order valence-electron chi connectivity index (χ0n) is 14.5. The number of alkyl halides is 2. The van der Waals surface area contributed by atoms with Crippen molar-refractivity contribution in [3.63, 3.8) is 0 Å². The summed E-state index contributed by atoms with van der Waals surface area (Å²) in [5, 5.41) is 14.6. The first-order valence-corrected chi connectivity index (χ1v) is 8.88. The minimum absolute atomic E-state index is 0.176. The number of halogens is 2. The van der Waals surface area contributed by atoms with Crippen molar-refractivity contribution in [3.05, 3.63) is 17.5 Å². The smallest absolute Gasteiger partial charge is 0.276 e. The Balaban J connectivity index is 1.55. The van der Waals surface area contributed by atoms with E-state index in [1.807, 2.05) is 11.8 Å². The Morgan fingerprint density at radius 2 is 2.04 bits per heavy atom. The fourth-order valence-electron chi connectivity index (χ4n) is 3.55. The van der Waals surface area contributed by atoms with Gasteiger partial charge in [0, 0.05) is 51.5 Å². The highest BCUT2D eigenvalue weighted by atomic mass is 19.3. The number of carbonyl (C=O) groups is 1. The van der Waals surface area contributed by atoms with E-state index >= 15 is 0 Å². The highest BCUT2D eigenvalue weighted by Gasteiger charge is 2.42. The average Bonchev–Trinajstić information content (AvgIpc) is 3.17.